The molecule has 1 aromatic heterocycles. The Labute approximate surface area is 120 Å². The molecule has 3 aromatic rings. The van der Waals surface area contributed by atoms with E-state index in [1.807, 2.05) is 18.2 Å². The smallest absolute Gasteiger partial charge is 0.270 e. The minimum absolute atomic E-state index is 0.0445. The van der Waals surface area contributed by atoms with Crippen LogP contribution in [0.15, 0.2) is 36.4 Å². The lowest BCUT2D eigenvalue weighted by atomic mass is 10.1. The van der Waals surface area contributed by atoms with Gasteiger partial charge in [-0.1, -0.05) is 0 Å². The van der Waals surface area contributed by atoms with Gasteiger partial charge in [0.15, 0.2) is 0 Å². The first-order valence-electron chi connectivity index (χ1n) is 6.37. The zero-order valence-corrected chi connectivity index (χ0v) is 11.6. The number of hydrogen-bond acceptors (Lipinski definition) is 5. The number of aromatic nitrogens is 1. The lowest BCUT2D eigenvalue weighted by Crippen LogP contribution is -1.96. The van der Waals surface area contributed by atoms with Crippen molar-refractivity contribution in [3.63, 3.8) is 0 Å². The number of nitrogens with zero attached hydrogens (tertiary/aromatic N) is 2. The van der Waals surface area contributed by atoms with Crippen LogP contribution in [0.5, 0.6) is 5.75 Å². The van der Waals surface area contributed by atoms with E-state index in [-0.39, 0.29) is 5.69 Å². The van der Waals surface area contributed by atoms with Crippen molar-refractivity contribution in [3.8, 4) is 5.75 Å². The molecule has 3 rings (SSSR count). The monoisotopic (exact) mass is 283 g/mol. The van der Waals surface area contributed by atoms with Crippen molar-refractivity contribution >= 4 is 33.2 Å². The lowest BCUT2D eigenvalue weighted by Gasteiger charge is -2.11. The standard InChI is InChI=1S/C15H13N3O3/c1-16-15-11-7-9(18(19)20)3-5-13(11)17-14-6-4-10(21-2)8-12(14)15/h3-8H,1-2H3,(H,16,17). The van der Waals surface area contributed by atoms with Crippen LogP contribution in [0.4, 0.5) is 11.4 Å². The summed E-state index contributed by atoms with van der Waals surface area (Å²) in [6.45, 7) is 0. The summed E-state index contributed by atoms with van der Waals surface area (Å²) in [7, 11) is 3.38. The Hall–Kier alpha value is -2.89. The molecule has 0 amide bonds. The first kappa shape index (κ1) is 13.1. The van der Waals surface area contributed by atoms with Gasteiger partial charge < -0.3 is 10.1 Å². The van der Waals surface area contributed by atoms with E-state index < -0.39 is 4.92 Å². The number of pyridine rings is 1. The van der Waals surface area contributed by atoms with Gasteiger partial charge in [-0.25, -0.2) is 4.98 Å². The molecule has 0 atom stereocenters. The molecule has 6 heteroatoms. The van der Waals surface area contributed by atoms with Crippen LogP contribution in [0.25, 0.3) is 21.8 Å². The molecule has 0 bridgehead atoms. The maximum Gasteiger partial charge on any atom is 0.270 e. The highest BCUT2D eigenvalue weighted by molar-refractivity contribution is 6.08. The molecule has 6 nitrogen and oxygen atoms in total. The van der Waals surface area contributed by atoms with Crippen LogP contribution in [-0.2, 0) is 0 Å². The molecule has 1 N–H and O–H groups in total. The third kappa shape index (κ3) is 2.10. The third-order valence-corrected chi connectivity index (χ3v) is 3.42. The van der Waals surface area contributed by atoms with E-state index in [9.17, 15) is 10.1 Å². The first-order chi connectivity index (χ1) is 10.1. The summed E-state index contributed by atoms with van der Waals surface area (Å²) in [6, 6.07) is 10.2. The minimum Gasteiger partial charge on any atom is -0.497 e. The Morgan fingerprint density at radius 3 is 2.43 bits per heavy atom. The van der Waals surface area contributed by atoms with Crippen molar-refractivity contribution < 1.29 is 9.66 Å². The van der Waals surface area contributed by atoms with E-state index in [2.05, 4.69) is 10.3 Å². The Balaban J connectivity index is 2.42. The van der Waals surface area contributed by atoms with Gasteiger partial charge in [0.1, 0.15) is 5.75 Å². The summed E-state index contributed by atoms with van der Waals surface area (Å²) in [5.41, 5.74) is 2.37. The molecule has 0 fully saturated rings. The molecule has 106 valence electrons. The van der Waals surface area contributed by atoms with Gasteiger partial charge in [0.25, 0.3) is 5.69 Å². The van der Waals surface area contributed by atoms with Crippen molar-refractivity contribution in [2.45, 2.75) is 0 Å². The number of hydrogen-bond donors (Lipinski definition) is 1. The molecule has 0 saturated heterocycles. The average molecular weight is 283 g/mol. The van der Waals surface area contributed by atoms with E-state index >= 15 is 0 Å². The fourth-order valence-corrected chi connectivity index (χ4v) is 2.42. The van der Waals surface area contributed by atoms with Crippen LogP contribution in [-0.4, -0.2) is 24.1 Å². The number of methoxy groups -OCH3 is 1. The van der Waals surface area contributed by atoms with E-state index in [1.165, 1.54) is 12.1 Å². The molecule has 0 aliphatic rings. The quantitative estimate of drug-likeness (QED) is 0.453. The van der Waals surface area contributed by atoms with Crippen molar-refractivity contribution in [1.29, 1.82) is 0 Å². The number of non-ortho nitro benzene ring substituents is 1. The predicted molar refractivity (Wildman–Crippen MR) is 82.0 cm³/mol. The number of fused-ring (bicyclic) bond motifs is 2. The topological polar surface area (TPSA) is 77.3 Å². The van der Waals surface area contributed by atoms with Crippen molar-refractivity contribution in [3.05, 3.63) is 46.5 Å². The number of benzene rings is 2. The highest BCUT2D eigenvalue weighted by Gasteiger charge is 2.13. The summed E-state index contributed by atoms with van der Waals surface area (Å²) in [5, 5.41) is 15.6. The normalized spacial score (nSPS) is 10.8. The number of nitrogens with one attached hydrogen (secondary N) is 1. The van der Waals surface area contributed by atoms with Crippen LogP contribution >= 0.6 is 0 Å². The zero-order valence-electron chi connectivity index (χ0n) is 11.6. The number of anilines is 1. The Morgan fingerprint density at radius 1 is 1.14 bits per heavy atom. The predicted octanol–water partition coefficient (Wildman–Crippen LogP) is 3.35. The van der Waals surface area contributed by atoms with Gasteiger partial charge in [0.2, 0.25) is 0 Å². The third-order valence-electron chi connectivity index (χ3n) is 3.42. The Bertz CT molecular complexity index is 862. The maximum atomic E-state index is 11.0. The molecular weight excluding hydrogens is 270 g/mol. The summed E-state index contributed by atoms with van der Waals surface area (Å²) >= 11 is 0. The highest BCUT2D eigenvalue weighted by atomic mass is 16.6. The molecule has 0 radical (unpaired) electrons. The molecule has 0 aliphatic heterocycles. The summed E-state index contributed by atoms with van der Waals surface area (Å²) in [4.78, 5) is 15.1. The van der Waals surface area contributed by atoms with Crippen molar-refractivity contribution in [2.75, 3.05) is 19.5 Å². The summed E-state index contributed by atoms with van der Waals surface area (Å²) in [5.74, 6) is 0.714. The van der Waals surface area contributed by atoms with Gasteiger partial charge >= 0.3 is 0 Å². The van der Waals surface area contributed by atoms with Gasteiger partial charge in [-0.3, -0.25) is 10.1 Å². The van der Waals surface area contributed by atoms with Gasteiger partial charge in [0, 0.05) is 30.0 Å². The van der Waals surface area contributed by atoms with Gasteiger partial charge in [-0.2, -0.15) is 0 Å². The molecule has 0 unspecified atom stereocenters. The van der Waals surface area contributed by atoms with Crippen LogP contribution < -0.4 is 10.1 Å². The number of nitro groups is 1. The van der Waals surface area contributed by atoms with Crippen LogP contribution in [0.2, 0.25) is 0 Å². The van der Waals surface area contributed by atoms with Crippen molar-refractivity contribution in [2.24, 2.45) is 0 Å². The average Bonchev–Trinajstić information content (AvgIpc) is 2.51. The molecule has 2 aromatic carbocycles. The van der Waals surface area contributed by atoms with Gasteiger partial charge in [0.05, 0.1) is 28.8 Å². The largest absolute Gasteiger partial charge is 0.497 e. The van der Waals surface area contributed by atoms with Gasteiger partial charge in [-0.15, -0.1) is 0 Å². The molecular formula is C15H13N3O3. The fraction of sp³-hybridized carbons (Fsp3) is 0.133. The number of rotatable bonds is 3. The van der Waals surface area contributed by atoms with Crippen LogP contribution in [0.1, 0.15) is 0 Å². The summed E-state index contributed by atoms with van der Waals surface area (Å²) in [6.07, 6.45) is 0. The highest BCUT2D eigenvalue weighted by Crippen LogP contribution is 2.34. The van der Waals surface area contributed by atoms with Crippen molar-refractivity contribution in [1.82, 2.24) is 4.98 Å². The van der Waals surface area contributed by atoms with Crippen LogP contribution in [0.3, 0.4) is 0 Å². The van der Waals surface area contributed by atoms with Gasteiger partial charge in [-0.05, 0) is 24.3 Å². The minimum atomic E-state index is -0.408. The van der Waals surface area contributed by atoms with E-state index in [4.69, 9.17) is 4.74 Å². The number of ether oxygens (including phenoxy) is 1. The SMILES string of the molecule is CNc1c2cc(OC)ccc2nc2ccc([N+](=O)[O-])cc12. The second-order valence-electron chi connectivity index (χ2n) is 4.58. The molecule has 1 heterocycles. The maximum absolute atomic E-state index is 11.0. The van der Waals surface area contributed by atoms with E-state index in [0.717, 1.165) is 16.6 Å². The molecule has 0 spiro atoms. The lowest BCUT2D eigenvalue weighted by molar-refractivity contribution is -0.384. The molecule has 21 heavy (non-hydrogen) atoms. The van der Waals surface area contributed by atoms with Crippen LogP contribution in [0, 0.1) is 10.1 Å². The zero-order chi connectivity index (χ0) is 15.0. The summed E-state index contributed by atoms with van der Waals surface area (Å²) < 4.78 is 5.23. The van der Waals surface area contributed by atoms with E-state index in [0.29, 0.717) is 16.7 Å². The molecule has 0 aliphatic carbocycles. The second-order valence-corrected chi connectivity index (χ2v) is 4.58. The Morgan fingerprint density at radius 2 is 1.81 bits per heavy atom. The molecule has 0 saturated carbocycles. The van der Waals surface area contributed by atoms with E-state index in [1.54, 1.807) is 20.2 Å². The fourth-order valence-electron chi connectivity index (χ4n) is 2.42. The second kappa shape index (κ2) is 4.90. The Kier molecular flexibility index (Phi) is 3.06. The number of nitro benzene ring substituents is 1. The first-order valence-corrected chi connectivity index (χ1v) is 6.37.